The topological polar surface area (TPSA) is 51.8 Å². The maximum atomic E-state index is 5.38. The van der Waals surface area contributed by atoms with Gasteiger partial charge in [0.15, 0.2) is 5.16 Å². The number of rotatable bonds is 3. The van der Waals surface area contributed by atoms with Gasteiger partial charge in [-0.05, 0) is 19.9 Å². The largest absolute Gasteiger partial charge is 0.330 e. The molecule has 1 aromatic heterocycles. The molecule has 0 aromatic carbocycles. The van der Waals surface area contributed by atoms with Crippen LogP contribution in [0, 0.1) is 13.8 Å². The summed E-state index contributed by atoms with van der Waals surface area (Å²) < 4.78 is 0. The first kappa shape index (κ1) is 16.8. The number of nitrogens with two attached hydrogens (primary N) is 1. The summed E-state index contributed by atoms with van der Waals surface area (Å²) >= 11 is 1.60. The van der Waals surface area contributed by atoms with Gasteiger partial charge in [-0.15, -0.1) is 34.0 Å². The van der Waals surface area contributed by atoms with Gasteiger partial charge in [-0.1, -0.05) is 11.8 Å². The van der Waals surface area contributed by atoms with Crippen molar-refractivity contribution in [1.29, 1.82) is 0 Å². The molecule has 14 heavy (non-hydrogen) atoms. The van der Waals surface area contributed by atoms with Gasteiger partial charge >= 0.3 is 0 Å². The van der Waals surface area contributed by atoms with Crippen LogP contribution in [0.1, 0.15) is 11.4 Å². The number of hydrogen-bond acceptors (Lipinski definition) is 4. The van der Waals surface area contributed by atoms with Gasteiger partial charge in [0.25, 0.3) is 0 Å². The summed E-state index contributed by atoms with van der Waals surface area (Å²) in [6, 6.07) is 1.96. The maximum Gasteiger partial charge on any atom is 0.188 e. The van der Waals surface area contributed by atoms with E-state index in [0.29, 0.717) is 6.54 Å². The van der Waals surface area contributed by atoms with Crippen LogP contribution >= 0.6 is 45.7 Å². The number of thioether (sulfide) groups is 1. The Morgan fingerprint density at radius 1 is 1.21 bits per heavy atom. The Hall–Kier alpha value is 0.350. The third kappa shape index (κ3) is 5.95. The molecule has 1 aromatic rings. The molecular weight excluding hydrogens is 330 g/mol. The van der Waals surface area contributed by atoms with Crippen molar-refractivity contribution in [1.82, 2.24) is 9.97 Å². The smallest absolute Gasteiger partial charge is 0.188 e. The van der Waals surface area contributed by atoms with Crippen LogP contribution in [0.4, 0.5) is 0 Å². The van der Waals surface area contributed by atoms with Crippen LogP contribution in [0.15, 0.2) is 11.2 Å². The summed E-state index contributed by atoms with van der Waals surface area (Å²) in [5.74, 6) is 0.878. The fraction of sp³-hybridized carbons (Fsp3) is 0.500. The minimum Gasteiger partial charge on any atom is -0.330 e. The molecular formula is C8H15Br2N3S. The molecule has 0 saturated heterocycles. The van der Waals surface area contributed by atoms with Crippen LogP contribution in [0.5, 0.6) is 0 Å². The predicted octanol–water partition coefficient (Wildman–Crippen LogP) is 2.30. The molecule has 0 aliphatic rings. The van der Waals surface area contributed by atoms with Gasteiger partial charge < -0.3 is 5.73 Å². The fourth-order valence-corrected chi connectivity index (χ4v) is 1.63. The molecule has 3 nitrogen and oxygen atoms in total. The average Bonchev–Trinajstić information content (AvgIpc) is 1.99. The van der Waals surface area contributed by atoms with E-state index >= 15 is 0 Å². The summed E-state index contributed by atoms with van der Waals surface area (Å²) in [6.07, 6.45) is 0. The van der Waals surface area contributed by atoms with E-state index in [2.05, 4.69) is 9.97 Å². The zero-order chi connectivity index (χ0) is 8.97. The molecule has 0 bridgehead atoms. The van der Waals surface area contributed by atoms with E-state index in [4.69, 9.17) is 5.73 Å². The summed E-state index contributed by atoms with van der Waals surface area (Å²) in [6.45, 7) is 4.61. The summed E-state index contributed by atoms with van der Waals surface area (Å²) in [5.41, 5.74) is 7.41. The molecule has 0 radical (unpaired) electrons. The van der Waals surface area contributed by atoms with Gasteiger partial charge in [0.05, 0.1) is 0 Å². The standard InChI is InChI=1S/C8H13N3S.2BrH/c1-6-5-7(2)11-8(10-6)12-4-3-9;;/h5H,3-4,9H2,1-2H3;2*1H. The summed E-state index contributed by atoms with van der Waals surface area (Å²) in [7, 11) is 0. The van der Waals surface area contributed by atoms with Crippen LogP contribution in [0.3, 0.4) is 0 Å². The van der Waals surface area contributed by atoms with Crippen LogP contribution < -0.4 is 5.73 Å². The summed E-state index contributed by atoms with van der Waals surface area (Å²) in [5, 5.41) is 0.831. The Labute approximate surface area is 110 Å². The molecule has 0 unspecified atom stereocenters. The number of hydrogen-bond donors (Lipinski definition) is 1. The number of halogens is 2. The molecule has 0 atom stereocenters. The zero-order valence-corrected chi connectivity index (χ0v) is 12.4. The second-order valence-electron chi connectivity index (χ2n) is 2.57. The predicted molar refractivity (Wildman–Crippen MR) is 71.9 cm³/mol. The first-order valence-electron chi connectivity index (χ1n) is 3.87. The highest BCUT2D eigenvalue weighted by Crippen LogP contribution is 2.12. The zero-order valence-electron chi connectivity index (χ0n) is 8.19. The molecule has 0 saturated carbocycles. The quantitative estimate of drug-likeness (QED) is 0.675. The van der Waals surface area contributed by atoms with E-state index in [1.165, 1.54) is 0 Å². The highest BCUT2D eigenvalue weighted by molar-refractivity contribution is 8.93. The van der Waals surface area contributed by atoms with E-state index in [0.717, 1.165) is 22.3 Å². The number of nitrogens with zero attached hydrogens (tertiary/aromatic N) is 2. The summed E-state index contributed by atoms with van der Waals surface area (Å²) in [4.78, 5) is 8.54. The van der Waals surface area contributed by atoms with Crippen molar-refractivity contribution in [2.45, 2.75) is 19.0 Å². The van der Waals surface area contributed by atoms with Gasteiger partial charge in [0.2, 0.25) is 0 Å². The molecule has 1 heterocycles. The Morgan fingerprint density at radius 2 is 1.71 bits per heavy atom. The van der Waals surface area contributed by atoms with Crippen LogP contribution in [-0.2, 0) is 0 Å². The molecule has 0 fully saturated rings. The van der Waals surface area contributed by atoms with Gasteiger partial charge in [0.1, 0.15) is 0 Å². The van der Waals surface area contributed by atoms with E-state index < -0.39 is 0 Å². The highest BCUT2D eigenvalue weighted by Gasteiger charge is 1.98. The van der Waals surface area contributed by atoms with Crippen molar-refractivity contribution in [3.05, 3.63) is 17.5 Å². The van der Waals surface area contributed by atoms with E-state index in [-0.39, 0.29) is 34.0 Å². The molecule has 0 amide bonds. The lowest BCUT2D eigenvalue weighted by Crippen LogP contribution is -2.02. The van der Waals surface area contributed by atoms with Crippen LogP contribution in [0.25, 0.3) is 0 Å². The third-order valence-corrected chi connectivity index (χ3v) is 2.19. The third-order valence-electron chi connectivity index (χ3n) is 1.31. The second-order valence-corrected chi connectivity index (χ2v) is 3.63. The second kappa shape index (κ2) is 8.64. The SMILES string of the molecule is Br.Br.Cc1cc(C)nc(SCCN)n1. The van der Waals surface area contributed by atoms with E-state index in [1.54, 1.807) is 11.8 Å². The van der Waals surface area contributed by atoms with Gasteiger partial charge in [-0.25, -0.2) is 9.97 Å². The van der Waals surface area contributed by atoms with Crippen molar-refractivity contribution in [3.63, 3.8) is 0 Å². The molecule has 0 spiro atoms. The Balaban J connectivity index is 0. The molecule has 0 aliphatic carbocycles. The first-order chi connectivity index (χ1) is 5.72. The van der Waals surface area contributed by atoms with Crippen LogP contribution in [-0.4, -0.2) is 22.3 Å². The minimum absolute atomic E-state index is 0. The molecule has 0 aliphatic heterocycles. The van der Waals surface area contributed by atoms with E-state index in [9.17, 15) is 0 Å². The van der Waals surface area contributed by atoms with Gasteiger partial charge in [0, 0.05) is 23.7 Å². The lowest BCUT2D eigenvalue weighted by molar-refractivity contribution is 0.901. The van der Waals surface area contributed by atoms with Gasteiger partial charge in [-0.2, -0.15) is 0 Å². The normalized spacial score (nSPS) is 8.79. The average molecular weight is 345 g/mol. The molecule has 82 valence electrons. The Morgan fingerprint density at radius 3 is 2.14 bits per heavy atom. The fourth-order valence-electron chi connectivity index (χ4n) is 0.908. The van der Waals surface area contributed by atoms with Crippen molar-refractivity contribution in [3.8, 4) is 0 Å². The van der Waals surface area contributed by atoms with Crippen molar-refractivity contribution >= 4 is 45.7 Å². The number of aryl methyl sites for hydroxylation is 2. The van der Waals surface area contributed by atoms with Crippen molar-refractivity contribution < 1.29 is 0 Å². The Bertz CT molecular complexity index is 251. The molecule has 2 N–H and O–H groups in total. The molecule has 6 heteroatoms. The van der Waals surface area contributed by atoms with Crippen LogP contribution in [0.2, 0.25) is 0 Å². The maximum absolute atomic E-state index is 5.38. The van der Waals surface area contributed by atoms with Crippen molar-refractivity contribution in [2.24, 2.45) is 5.73 Å². The lowest BCUT2D eigenvalue weighted by atomic mass is 10.4. The van der Waals surface area contributed by atoms with E-state index in [1.807, 2.05) is 19.9 Å². The van der Waals surface area contributed by atoms with Gasteiger partial charge in [-0.3, -0.25) is 0 Å². The lowest BCUT2D eigenvalue weighted by Gasteiger charge is -2.00. The highest BCUT2D eigenvalue weighted by atomic mass is 79.9. The minimum atomic E-state index is 0. The number of aromatic nitrogens is 2. The monoisotopic (exact) mass is 343 g/mol. The van der Waals surface area contributed by atoms with Crippen molar-refractivity contribution in [2.75, 3.05) is 12.3 Å². The Kier molecular flexibility index (Phi) is 10.4. The molecule has 1 rings (SSSR count). The first-order valence-corrected chi connectivity index (χ1v) is 4.86.